The van der Waals surface area contributed by atoms with E-state index in [2.05, 4.69) is 10.6 Å². The molecule has 4 N–H and O–H groups in total. The summed E-state index contributed by atoms with van der Waals surface area (Å²) in [5.41, 5.74) is 6.38. The van der Waals surface area contributed by atoms with E-state index < -0.39 is 0 Å². The Bertz CT molecular complexity index is 355. The van der Waals surface area contributed by atoms with Crippen molar-refractivity contribution in [2.45, 2.75) is 6.42 Å². The summed E-state index contributed by atoms with van der Waals surface area (Å²) in [4.78, 5) is 11.0. The van der Waals surface area contributed by atoms with Crippen LogP contribution in [-0.4, -0.2) is 32.7 Å². The monoisotopic (exact) mass is 237 g/mol. The predicted molar refractivity (Wildman–Crippen MR) is 68.2 cm³/mol. The summed E-state index contributed by atoms with van der Waals surface area (Å²) < 4.78 is 5.33. The van der Waals surface area contributed by atoms with Crippen LogP contribution in [0.3, 0.4) is 0 Å². The summed E-state index contributed by atoms with van der Waals surface area (Å²) in [5.74, 6) is 0.526. The largest absolute Gasteiger partial charge is 0.484 e. The van der Waals surface area contributed by atoms with Gasteiger partial charge in [0.15, 0.2) is 6.61 Å². The van der Waals surface area contributed by atoms with Crippen molar-refractivity contribution >= 4 is 11.6 Å². The van der Waals surface area contributed by atoms with Gasteiger partial charge in [-0.2, -0.15) is 0 Å². The van der Waals surface area contributed by atoms with Gasteiger partial charge in [-0.1, -0.05) is 6.07 Å². The van der Waals surface area contributed by atoms with Crippen LogP contribution >= 0.6 is 0 Å². The first-order chi connectivity index (χ1) is 8.26. The molecular weight excluding hydrogens is 218 g/mol. The number of carbonyl (C=O) groups is 1. The molecule has 1 aromatic carbocycles. The first-order valence-corrected chi connectivity index (χ1v) is 5.63. The van der Waals surface area contributed by atoms with Gasteiger partial charge in [-0.3, -0.25) is 4.79 Å². The van der Waals surface area contributed by atoms with Crippen molar-refractivity contribution in [3.05, 3.63) is 24.3 Å². The lowest BCUT2D eigenvalue weighted by molar-refractivity contribution is -0.122. The van der Waals surface area contributed by atoms with E-state index in [9.17, 15) is 4.79 Å². The lowest BCUT2D eigenvalue weighted by Crippen LogP contribution is -2.24. The smallest absolute Gasteiger partial charge is 0.257 e. The molecule has 94 valence electrons. The van der Waals surface area contributed by atoms with Crippen LogP contribution in [0, 0.1) is 0 Å². The molecule has 5 nitrogen and oxygen atoms in total. The Hall–Kier alpha value is -1.75. The Morgan fingerprint density at radius 3 is 3.00 bits per heavy atom. The van der Waals surface area contributed by atoms with E-state index in [0.29, 0.717) is 12.3 Å². The highest BCUT2D eigenvalue weighted by Crippen LogP contribution is 2.17. The normalized spacial score (nSPS) is 9.76. The minimum absolute atomic E-state index is 0.0305. The molecule has 0 heterocycles. The number of benzene rings is 1. The highest BCUT2D eigenvalue weighted by atomic mass is 16.5. The molecule has 0 bridgehead atoms. The van der Waals surface area contributed by atoms with Crippen molar-refractivity contribution in [2.75, 3.05) is 32.1 Å². The number of hydrogen-bond donors (Lipinski definition) is 3. The third-order valence-corrected chi connectivity index (χ3v) is 2.19. The van der Waals surface area contributed by atoms with Crippen LogP contribution in [-0.2, 0) is 4.79 Å². The SMILES string of the molecule is CNC(=O)COc1cccc(NCCCN)c1. The number of rotatable bonds is 7. The van der Waals surface area contributed by atoms with Crippen molar-refractivity contribution in [1.29, 1.82) is 0 Å². The molecule has 0 unspecified atom stereocenters. The van der Waals surface area contributed by atoms with Crippen molar-refractivity contribution < 1.29 is 9.53 Å². The highest BCUT2D eigenvalue weighted by molar-refractivity contribution is 5.77. The fourth-order valence-electron chi connectivity index (χ4n) is 1.25. The molecule has 0 aromatic heterocycles. The number of nitrogens with two attached hydrogens (primary N) is 1. The van der Waals surface area contributed by atoms with Gasteiger partial charge in [-0.05, 0) is 25.1 Å². The average Bonchev–Trinajstić information content (AvgIpc) is 2.37. The van der Waals surface area contributed by atoms with Gasteiger partial charge < -0.3 is 21.1 Å². The van der Waals surface area contributed by atoms with Crippen LogP contribution in [0.4, 0.5) is 5.69 Å². The third-order valence-electron chi connectivity index (χ3n) is 2.19. The van der Waals surface area contributed by atoms with Crippen LogP contribution in [0.25, 0.3) is 0 Å². The van der Waals surface area contributed by atoms with E-state index >= 15 is 0 Å². The Morgan fingerprint density at radius 2 is 2.29 bits per heavy atom. The molecule has 0 atom stereocenters. The van der Waals surface area contributed by atoms with Gasteiger partial charge in [-0.25, -0.2) is 0 Å². The first-order valence-electron chi connectivity index (χ1n) is 5.63. The molecule has 0 saturated heterocycles. The van der Waals surface area contributed by atoms with Crippen molar-refractivity contribution in [2.24, 2.45) is 5.73 Å². The van der Waals surface area contributed by atoms with E-state index in [1.807, 2.05) is 24.3 Å². The van der Waals surface area contributed by atoms with Gasteiger partial charge in [0.2, 0.25) is 0 Å². The molecular formula is C12H19N3O2. The molecule has 17 heavy (non-hydrogen) atoms. The standard InChI is InChI=1S/C12H19N3O2/c1-14-12(16)9-17-11-5-2-4-10(8-11)15-7-3-6-13/h2,4-5,8,15H,3,6-7,9,13H2,1H3,(H,14,16). The zero-order chi connectivity index (χ0) is 12.5. The molecule has 0 radical (unpaired) electrons. The fraction of sp³-hybridized carbons (Fsp3) is 0.417. The maximum Gasteiger partial charge on any atom is 0.257 e. The molecule has 1 rings (SSSR count). The minimum Gasteiger partial charge on any atom is -0.484 e. The van der Waals surface area contributed by atoms with Gasteiger partial charge in [-0.15, -0.1) is 0 Å². The number of likely N-dealkylation sites (N-methyl/N-ethyl adjacent to an activating group) is 1. The first kappa shape index (κ1) is 13.3. The topological polar surface area (TPSA) is 76.4 Å². The number of nitrogens with one attached hydrogen (secondary N) is 2. The van der Waals surface area contributed by atoms with E-state index in [0.717, 1.165) is 18.7 Å². The Balaban J connectivity index is 2.44. The summed E-state index contributed by atoms with van der Waals surface area (Å²) in [6.45, 7) is 1.53. The summed E-state index contributed by atoms with van der Waals surface area (Å²) in [6.07, 6.45) is 0.920. The predicted octanol–water partition coefficient (Wildman–Crippen LogP) is 0.572. The van der Waals surface area contributed by atoms with Crippen molar-refractivity contribution in [3.8, 4) is 5.75 Å². The molecule has 0 fully saturated rings. The second-order valence-electron chi connectivity index (χ2n) is 3.56. The van der Waals surface area contributed by atoms with Gasteiger partial charge in [0.05, 0.1) is 0 Å². The van der Waals surface area contributed by atoms with Gasteiger partial charge in [0, 0.05) is 25.3 Å². The number of amides is 1. The maximum absolute atomic E-state index is 11.0. The number of anilines is 1. The van der Waals surface area contributed by atoms with Crippen molar-refractivity contribution in [1.82, 2.24) is 5.32 Å². The molecule has 0 spiro atoms. The van der Waals surface area contributed by atoms with Crippen LogP contribution in [0.5, 0.6) is 5.75 Å². The summed E-state index contributed by atoms with van der Waals surface area (Å²) in [7, 11) is 1.58. The van der Waals surface area contributed by atoms with Crippen molar-refractivity contribution in [3.63, 3.8) is 0 Å². The Morgan fingerprint density at radius 1 is 1.47 bits per heavy atom. The molecule has 1 aromatic rings. The van der Waals surface area contributed by atoms with Crippen LogP contribution in [0.15, 0.2) is 24.3 Å². The lowest BCUT2D eigenvalue weighted by Gasteiger charge is -2.09. The minimum atomic E-state index is -0.147. The summed E-state index contributed by atoms with van der Waals surface area (Å²) in [6, 6.07) is 7.50. The van der Waals surface area contributed by atoms with Crippen LogP contribution in [0.2, 0.25) is 0 Å². The van der Waals surface area contributed by atoms with Crippen LogP contribution in [0.1, 0.15) is 6.42 Å². The Kier molecular flexibility index (Phi) is 5.88. The number of carbonyl (C=O) groups excluding carboxylic acids is 1. The zero-order valence-electron chi connectivity index (χ0n) is 10.0. The average molecular weight is 237 g/mol. The highest BCUT2D eigenvalue weighted by Gasteiger charge is 2.00. The molecule has 0 aliphatic rings. The summed E-state index contributed by atoms with van der Waals surface area (Å²) in [5, 5.41) is 5.73. The van der Waals surface area contributed by atoms with E-state index in [4.69, 9.17) is 10.5 Å². The van der Waals surface area contributed by atoms with Gasteiger partial charge in [0.1, 0.15) is 5.75 Å². The molecule has 0 aliphatic heterocycles. The maximum atomic E-state index is 11.0. The molecule has 0 aliphatic carbocycles. The van der Waals surface area contributed by atoms with Crippen LogP contribution < -0.4 is 21.1 Å². The second-order valence-corrected chi connectivity index (χ2v) is 3.56. The van der Waals surface area contributed by atoms with E-state index in [1.54, 1.807) is 7.05 Å². The number of ether oxygens (including phenoxy) is 1. The number of hydrogen-bond acceptors (Lipinski definition) is 4. The van der Waals surface area contributed by atoms with Gasteiger partial charge in [0.25, 0.3) is 5.91 Å². The third kappa shape index (κ3) is 5.21. The van der Waals surface area contributed by atoms with E-state index in [1.165, 1.54) is 0 Å². The molecule has 5 heteroatoms. The Labute approximate surface area is 101 Å². The van der Waals surface area contributed by atoms with E-state index in [-0.39, 0.29) is 12.5 Å². The zero-order valence-corrected chi connectivity index (χ0v) is 10.0. The molecule has 0 saturated carbocycles. The second kappa shape index (κ2) is 7.51. The lowest BCUT2D eigenvalue weighted by atomic mass is 10.3. The molecule has 1 amide bonds. The summed E-state index contributed by atoms with van der Waals surface area (Å²) >= 11 is 0. The fourth-order valence-corrected chi connectivity index (χ4v) is 1.25. The quantitative estimate of drug-likeness (QED) is 0.606. The van der Waals surface area contributed by atoms with Gasteiger partial charge >= 0.3 is 0 Å².